The third-order valence-electron chi connectivity index (χ3n) is 2.65. The average Bonchev–Trinajstić information content (AvgIpc) is 2.38. The molecule has 108 valence electrons. The summed E-state index contributed by atoms with van der Waals surface area (Å²) in [6.45, 7) is 3.24. The topological polar surface area (TPSA) is 95.5 Å². The summed E-state index contributed by atoms with van der Waals surface area (Å²) in [5.74, 6) is -1.69. The second-order valence-corrected chi connectivity index (χ2v) is 4.41. The van der Waals surface area contributed by atoms with E-state index >= 15 is 0 Å². The molecule has 0 aliphatic rings. The zero-order chi connectivity index (χ0) is 15.1. The van der Waals surface area contributed by atoms with Crippen molar-refractivity contribution in [2.75, 3.05) is 5.32 Å². The third kappa shape index (κ3) is 4.72. The number of rotatable bonds is 6. The minimum atomic E-state index is -1.05. The lowest BCUT2D eigenvalue weighted by atomic mass is 10.1. The van der Waals surface area contributed by atoms with Crippen molar-refractivity contribution in [1.29, 1.82) is 0 Å². The van der Waals surface area contributed by atoms with Gasteiger partial charge in [-0.3, -0.25) is 9.59 Å². The van der Waals surface area contributed by atoms with Crippen molar-refractivity contribution in [1.82, 2.24) is 5.32 Å². The molecule has 6 nitrogen and oxygen atoms in total. The zero-order valence-corrected chi connectivity index (χ0v) is 11.5. The molecule has 20 heavy (non-hydrogen) atoms. The van der Waals surface area contributed by atoms with Crippen LogP contribution in [0.25, 0.3) is 0 Å². The summed E-state index contributed by atoms with van der Waals surface area (Å²) in [6, 6.07) is 5.36. The largest absolute Gasteiger partial charge is 0.480 e. The molecule has 0 fully saturated rings. The van der Waals surface area contributed by atoms with E-state index in [9.17, 15) is 14.4 Å². The Bertz CT molecular complexity index is 496. The van der Waals surface area contributed by atoms with Crippen LogP contribution in [0.1, 0.15) is 37.0 Å². The Kier molecular flexibility index (Phi) is 5.71. The lowest BCUT2D eigenvalue weighted by molar-refractivity contribution is -0.139. The molecule has 1 unspecified atom stereocenters. The first-order chi connectivity index (χ1) is 9.43. The van der Waals surface area contributed by atoms with Crippen molar-refractivity contribution in [3.8, 4) is 0 Å². The van der Waals surface area contributed by atoms with Crippen molar-refractivity contribution in [2.45, 2.75) is 32.7 Å². The molecule has 1 aromatic carbocycles. The Hall–Kier alpha value is -2.37. The molecule has 0 heterocycles. The van der Waals surface area contributed by atoms with E-state index in [4.69, 9.17) is 5.11 Å². The summed E-state index contributed by atoms with van der Waals surface area (Å²) in [6.07, 6.45) is 1.05. The molecule has 3 N–H and O–H groups in total. The van der Waals surface area contributed by atoms with Gasteiger partial charge in [0.15, 0.2) is 0 Å². The fourth-order valence-corrected chi connectivity index (χ4v) is 1.70. The van der Waals surface area contributed by atoms with Gasteiger partial charge in [-0.05, 0) is 30.7 Å². The monoisotopic (exact) mass is 278 g/mol. The van der Waals surface area contributed by atoms with Gasteiger partial charge in [-0.2, -0.15) is 0 Å². The molecule has 0 saturated carbocycles. The van der Waals surface area contributed by atoms with Crippen molar-refractivity contribution in [3.63, 3.8) is 0 Å². The first-order valence-corrected chi connectivity index (χ1v) is 6.35. The van der Waals surface area contributed by atoms with E-state index < -0.39 is 17.9 Å². The number of hydrogen-bond acceptors (Lipinski definition) is 3. The van der Waals surface area contributed by atoms with Crippen LogP contribution in [-0.2, 0) is 9.59 Å². The Morgan fingerprint density at radius 1 is 1.20 bits per heavy atom. The minimum absolute atomic E-state index is 0.198. The average molecular weight is 278 g/mol. The number of carboxylic acid groups (broad SMARTS) is 1. The zero-order valence-electron chi connectivity index (χ0n) is 11.5. The molecule has 0 bridgehead atoms. The van der Waals surface area contributed by atoms with Crippen LogP contribution in [0.3, 0.4) is 0 Å². The van der Waals surface area contributed by atoms with E-state index in [-0.39, 0.29) is 5.91 Å². The van der Waals surface area contributed by atoms with Gasteiger partial charge in [0.2, 0.25) is 5.91 Å². The van der Waals surface area contributed by atoms with Crippen molar-refractivity contribution < 1.29 is 19.5 Å². The fourth-order valence-electron chi connectivity index (χ4n) is 1.70. The molecule has 0 spiro atoms. The number of anilines is 1. The number of carboxylic acids is 1. The predicted octanol–water partition coefficient (Wildman–Crippen LogP) is 1.63. The van der Waals surface area contributed by atoms with E-state index in [1.807, 2.05) is 6.92 Å². The molecule has 2 amide bonds. The highest BCUT2D eigenvalue weighted by molar-refractivity contribution is 5.97. The molecular weight excluding hydrogens is 260 g/mol. The lowest BCUT2D eigenvalue weighted by Gasteiger charge is -2.13. The summed E-state index contributed by atoms with van der Waals surface area (Å²) >= 11 is 0. The SMILES string of the molecule is CCCC(NC(=O)c1ccc(NC(C)=O)cc1)C(=O)O. The Morgan fingerprint density at radius 2 is 1.80 bits per heavy atom. The first kappa shape index (κ1) is 15.7. The number of amides is 2. The molecule has 0 aliphatic heterocycles. The fraction of sp³-hybridized carbons (Fsp3) is 0.357. The van der Waals surface area contributed by atoms with Gasteiger partial charge in [0.25, 0.3) is 5.91 Å². The van der Waals surface area contributed by atoms with Gasteiger partial charge in [0.05, 0.1) is 0 Å². The lowest BCUT2D eigenvalue weighted by Crippen LogP contribution is -2.40. The molecule has 1 aromatic rings. The molecule has 0 aromatic heterocycles. The maximum absolute atomic E-state index is 11.9. The normalized spacial score (nSPS) is 11.5. The van der Waals surface area contributed by atoms with Crippen LogP contribution < -0.4 is 10.6 Å². The minimum Gasteiger partial charge on any atom is -0.480 e. The molecule has 0 saturated heterocycles. The Morgan fingerprint density at radius 3 is 2.25 bits per heavy atom. The molecule has 6 heteroatoms. The van der Waals surface area contributed by atoms with E-state index in [1.54, 1.807) is 12.1 Å². The van der Waals surface area contributed by atoms with Crippen LogP contribution in [0.15, 0.2) is 24.3 Å². The highest BCUT2D eigenvalue weighted by Gasteiger charge is 2.19. The van der Waals surface area contributed by atoms with E-state index in [0.717, 1.165) is 0 Å². The van der Waals surface area contributed by atoms with Gasteiger partial charge in [-0.1, -0.05) is 13.3 Å². The highest BCUT2D eigenvalue weighted by Crippen LogP contribution is 2.10. The molecular formula is C14H18N2O4. The van der Waals surface area contributed by atoms with Crippen molar-refractivity contribution >= 4 is 23.5 Å². The standard InChI is InChI=1S/C14H18N2O4/c1-3-4-12(14(19)20)16-13(18)10-5-7-11(8-6-10)15-9(2)17/h5-8,12H,3-4H2,1-2H3,(H,15,17)(H,16,18)(H,19,20). The summed E-state index contributed by atoms with van der Waals surface area (Å²) in [5.41, 5.74) is 0.929. The van der Waals surface area contributed by atoms with Crippen LogP contribution in [0.4, 0.5) is 5.69 Å². The second-order valence-electron chi connectivity index (χ2n) is 4.41. The van der Waals surface area contributed by atoms with Crippen LogP contribution in [0.5, 0.6) is 0 Å². The van der Waals surface area contributed by atoms with Crippen molar-refractivity contribution in [2.24, 2.45) is 0 Å². The number of benzene rings is 1. The molecule has 1 atom stereocenters. The number of carbonyl (C=O) groups excluding carboxylic acids is 2. The van der Waals surface area contributed by atoms with E-state index in [1.165, 1.54) is 19.1 Å². The first-order valence-electron chi connectivity index (χ1n) is 6.35. The van der Waals surface area contributed by atoms with E-state index in [2.05, 4.69) is 10.6 Å². The van der Waals surface area contributed by atoms with Crippen LogP contribution in [0.2, 0.25) is 0 Å². The van der Waals surface area contributed by atoms with Crippen LogP contribution in [-0.4, -0.2) is 28.9 Å². The Labute approximate surface area is 117 Å². The van der Waals surface area contributed by atoms with Crippen LogP contribution in [0, 0.1) is 0 Å². The summed E-state index contributed by atoms with van der Waals surface area (Å²) in [5, 5.41) is 14.0. The van der Waals surface area contributed by atoms with Crippen LogP contribution >= 0.6 is 0 Å². The molecule has 0 radical (unpaired) electrons. The third-order valence-corrected chi connectivity index (χ3v) is 2.65. The summed E-state index contributed by atoms with van der Waals surface area (Å²) in [7, 11) is 0. The second kappa shape index (κ2) is 7.28. The quantitative estimate of drug-likeness (QED) is 0.737. The number of aliphatic carboxylic acids is 1. The van der Waals surface area contributed by atoms with Gasteiger partial charge >= 0.3 is 5.97 Å². The van der Waals surface area contributed by atoms with Gasteiger partial charge < -0.3 is 15.7 Å². The molecule has 1 rings (SSSR count). The number of carbonyl (C=O) groups is 3. The summed E-state index contributed by atoms with van der Waals surface area (Å²) in [4.78, 5) is 33.7. The number of hydrogen-bond donors (Lipinski definition) is 3. The highest BCUT2D eigenvalue weighted by atomic mass is 16.4. The van der Waals surface area contributed by atoms with Gasteiger partial charge in [-0.25, -0.2) is 4.79 Å². The number of nitrogens with one attached hydrogen (secondary N) is 2. The maximum atomic E-state index is 11.9. The smallest absolute Gasteiger partial charge is 0.326 e. The molecule has 0 aliphatic carbocycles. The van der Waals surface area contributed by atoms with E-state index in [0.29, 0.717) is 24.1 Å². The van der Waals surface area contributed by atoms with Crippen molar-refractivity contribution in [3.05, 3.63) is 29.8 Å². The van der Waals surface area contributed by atoms with Gasteiger partial charge in [0, 0.05) is 18.2 Å². The van der Waals surface area contributed by atoms with Gasteiger partial charge in [-0.15, -0.1) is 0 Å². The maximum Gasteiger partial charge on any atom is 0.326 e. The summed E-state index contributed by atoms with van der Waals surface area (Å²) < 4.78 is 0. The Balaban J connectivity index is 2.71. The van der Waals surface area contributed by atoms with Gasteiger partial charge in [0.1, 0.15) is 6.04 Å². The predicted molar refractivity (Wildman–Crippen MR) is 74.5 cm³/mol.